The number of aromatic nitrogens is 4. The third-order valence-corrected chi connectivity index (χ3v) is 8.17. The van der Waals surface area contributed by atoms with Crippen LogP contribution in [0.2, 0.25) is 5.02 Å². The number of carboxylic acid groups (broad SMARTS) is 1. The molecule has 1 unspecified atom stereocenters. The van der Waals surface area contributed by atoms with Gasteiger partial charge in [0, 0.05) is 36.4 Å². The maximum absolute atomic E-state index is 15.6. The molecule has 0 aliphatic carbocycles. The summed E-state index contributed by atoms with van der Waals surface area (Å²) in [6.07, 6.45) is 2.06. The van der Waals surface area contributed by atoms with E-state index >= 15 is 8.78 Å². The fourth-order valence-corrected chi connectivity index (χ4v) is 5.36. The van der Waals surface area contributed by atoms with Crippen LogP contribution in [0, 0.1) is 23.0 Å². The van der Waals surface area contributed by atoms with Crippen molar-refractivity contribution in [2.24, 2.45) is 0 Å². The van der Waals surface area contributed by atoms with E-state index in [0.717, 1.165) is 18.6 Å². The molecule has 11 nitrogen and oxygen atoms in total. The van der Waals surface area contributed by atoms with E-state index in [-0.39, 0.29) is 58.1 Å². The molecule has 4 heterocycles. The first-order chi connectivity index (χ1) is 23.1. The van der Waals surface area contributed by atoms with Gasteiger partial charge in [-0.1, -0.05) is 17.7 Å². The van der Waals surface area contributed by atoms with Gasteiger partial charge < -0.3 is 24.5 Å². The van der Waals surface area contributed by atoms with Gasteiger partial charge in [0.1, 0.15) is 35.8 Å². The standard InChI is InChI=1S/C34H27ClF2N6O5/c1-18(14-38)40-33(44)29-13-24(35)21(15-39-29)17-48-32-4-2-3-27(42-32)23-12-25(36)20(9-26(23)37)11-31-41-28-6-5-19(34(45)46)10-30(28)43(31)16-22-7-8-47-22/h2-6,9-10,12-13,15,18,22H,7-8,11,16-17H2,1H3,(H,40,44)(H,45,46)/t18-,22?/m1/s1. The molecule has 1 aliphatic rings. The number of fused-ring (bicyclic) bond motifs is 1. The van der Waals surface area contributed by atoms with Crippen LogP contribution in [0.1, 0.15) is 51.1 Å². The van der Waals surface area contributed by atoms with Gasteiger partial charge >= 0.3 is 5.97 Å². The molecule has 0 spiro atoms. The van der Waals surface area contributed by atoms with E-state index in [1.54, 1.807) is 22.8 Å². The van der Waals surface area contributed by atoms with Gasteiger partial charge in [0.25, 0.3) is 5.91 Å². The number of nitrogens with zero attached hydrogens (tertiary/aromatic N) is 5. The summed E-state index contributed by atoms with van der Waals surface area (Å²) in [5, 5.41) is 21.0. The minimum absolute atomic E-state index is 0.0314. The van der Waals surface area contributed by atoms with E-state index in [1.807, 2.05) is 6.07 Å². The predicted octanol–water partition coefficient (Wildman–Crippen LogP) is 5.72. The highest BCUT2D eigenvalue weighted by Gasteiger charge is 2.24. The van der Waals surface area contributed by atoms with E-state index in [1.165, 1.54) is 37.4 Å². The molecule has 0 saturated carbocycles. The summed E-state index contributed by atoms with van der Waals surface area (Å²) in [4.78, 5) is 36.8. The average molecular weight is 673 g/mol. The van der Waals surface area contributed by atoms with E-state index in [0.29, 0.717) is 35.6 Å². The molecule has 2 N–H and O–H groups in total. The number of hydrogen-bond acceptors (Lipinski definition) is 8. The Balaban J connectivity index is 1.20. The molecule has 1 saturated heterocycles. The van der Waals surface area contributed by atoms with Crippen LogP contribution in [0.5, 0.6) is 5.88 Å². The second-order valence-electron chi connectivity index (χ2n) is 11.2. The number of hydrogen-bond donors (Lipinski definition) is 2. The van der Waals surface area contributed by atoms with Crippen molar-refractivity contribution in [1.82, 2.24) is 24.8 Å². The minimum atomic E-state index is -1.08. The van der Waals surface area contributed by atoms with E-state index in [9.17, 15) is 14.7 Å². The summed E-state index contributed by atoms with van der Waals surface area (Å²) in [6.45, 7) is 2.48. The molecule has 5 aromatic rings. The number of benzene rings is 2. The van der Waals surface area contributed by atoms with Crippen LogP contribution in [0.3, 0.4) is 0 Å². The predicted molar refractivity (Wildman–Crippen MR) is 170 cm³/mol. The number of carbonyl (C=O) groups is 2. The Morgan fingerprint density at radius 3 is 2.69 bits per heavy atom. The summed E-state index contributed by atoms with van der Waals surface area (Å²) < 4.78 is 44.2. The summed E-state index contributed by atoms with van der Waals surface area (Å²) in [7, 11) is 0. The molecule has 14 heteroatoms. The molecule has 6 rings (SSSR count). The average Bonchev–Trinajstić information content (AvgIpc) is 3.39. The second kappa shape index (κ2) is 13.7. The monoisotopic (exact) mass is 672 g/mol. The maximum atomic E-state index is 15.6. The normalized spacial score (nSPS) is 14.6. The number of carbonyl (C=O) groups excluding carboxylic acids is 1. The van der Waals surface area contributed by atoms with Crippen LogP contribution in [-0.2, 0) is 24.3 Å². The number of carboxylic acids is 1. The zero-order valence-corrected chi connectivity index (χ0v) is 26.2. The maximum Gasteiger partial charge on any atom is 0.335 e. The number of pyridine rings is 2. The Morgan fingerprint density at radius 1 is 1.17 bits per heavy atom. The Labute approximate surface area is 277 Å². The van der Waals surface area contributed by atoms with Gasteiger partial charge in [0.2, 0.25) is 5.88 Å². The van der Waals surface area contributed by atoms with Crippen LogP contribution in [0.4, 0.5) is 8.78 Å². The van der Waals surface area contributed by atoms with Crippen molar-refractivity contribution in [1.29, 1.82) is 5.26 Å². The SMILES string of the molecule is C[C@H](C#N)NC(=O)c1cc(Cl)c(COc2cccc(-c3cc(F)c(Cc4nc5ccc(C(=O)O)cc5n4CC4CCO4)cc3F)n2)cn1. The fourth-order valence-electron chi connectivity index (χ4n) is 5.16. The number of aromatic carboxylic acids is 1. The highest BCUT2D eigenvalue weighted by molar-refractivity contribution is 6.31. The van der Waals surface area contributed by atoms with E-state index < -0.39 is 29.6 Å². The van der Waals surface area contributed by atoms with Gasteiger partial charge in [-0.15, -0.1) is 0 Å². The van der Waals surface area contributed by atoms with E-state index in [2.05, 4.69) is 20.3 Å². The topological polar surface area (TPSA) is 152 Å². The molecule has 3 aromatic heterocycles. The molecule has 48 heavy (non-hydrogen) atoms. The first-order valence-electron chi connectivity index (χ1n) is 14.9. The zero-order valence-electron chi connectivity index (χ0n) is 25.4. The third kappa shape index (κ3) is 6.95. The van der Waals surface area contributed by atoms with Crippen molar-refractivity contribution >= 4 is 34.5 Å². The number of nitriles is 1. The van der Waals surface area contributed by atoms with Gasteiger partial charge in [-0.05, 0) is 61.4 Å². The lowest BCUT2D eigenvalue weighted by Crippen LogP contribution is -2.31. The number of rotatable bonds is 11. The van der Waals surface area contributed by atoms with Crippen LogP contribution < -0.4 is 10.1 Å². The largest absolute Gasteiger partial charge is 0.478 e. The van der Waals surface area contributed by atoms with Crippen LogP contribution in [0.15, 0.2) is 60.8 Å². The Kier molecular flexibility index (Phi) is 9.29. The fraction of sp³-hybridized carbons (Fsp3) is 0.235. The Hall–Kier alpha value is -5.45. The van der Waals surface area contributed by atoms with Crippen LogP contribution in [0.25, 0.3) is 22.3 Å². The summed E-state index contributed by atoms with van der Waals surface area (Å²) in [5.74, 6) is -2.45. The van der Waals surface area contributed by atoms with Crippen molar-refractivity contribution in [3.8, 4) is 23.2 Å². The smallest absolute Gasteiger partial charge is 0.335 e. The molecule has 2 atom stereocenters. The number of imidazole rings is 1. The summed E-state index contributed by atoms with van der Waals surface area (Å²) in [5.41, 5.74) is 1.80. The highest BCUT2D eigenvalue weighted by atomic mass is 35.5. The third-order valence-electron chi connectivity index (χ3n) is 7.82. The van der Waals surface area contributed by atoms with Gasteiger partial charge in [-0.3, -0.25) is 9.78 Å². The minimum Gasteiger partial charge on any atom is -0.478 e. The molecule has 2 aromatic carbocycles. The van der Waals surface area contributed by atoms with Gasteiger partial charge in [0.05, 0.1) is 46.0 Å². The summed E-state index contributed by atoms with van der Waals surface area (Å²) >= 11 is 6.32. The Bertz CT molecular complexity index is 2090. The first-order valence-corrected chi connectivity index (χ1v) is 15.2. The molecule has 1 fully saturated rings. The second-order valence-corrected chi connectivity index (χ2v) is 11.6. The number of ether oxygens (including phenoxy) is 2. The number of halogens is 3. The van der Waals surface area contributed by atoms with Gasteiger partial charge in [0.15, 0.2) is 0 Å². The van der Waals surface area contributed by atoms with Gasteiger partial charge in [-0.2, -0.15) is 5.26 Å². The lowest BCUT2D eigenvalue weighted by molar-refractivity contribution is -0.0589. The molecule has 244 valence electrons. The zero-order chi connectivity index (χ0) is 33.9. The lowest BCUT2D eigenvalue weighted by atomic mass is 10.0. The van der Waals surface area contributed by atoms with Crippen molar-refractivity contribution in [3.05, 3.63) is 106 Å². The molecular formula is C34H27ClF2N6O5. The van der Waals surface area contributed by atoms with Crippen molar-refractivity contribution in [3.63, 3.8) is 0 Å². The lowest BCUT2D eigenvalue weighted by Gasteiger charge is -2.27. The van der Waals surface area contributed by atoms with Crippen molar-refractivity contribution < 1.29 is 33.0 Å². The van der Waals surface area contributed by atoms with Crippen molar-refractivity contribution in [2.45, 2.75) is 45.1 Å². The molecular weight excluding hydrogens is 646 g/mol. The number of nitrogens with one attached hydrogen (secondary N) is 1. The van der Waals surface area contributed by atoms with Crippen LogP contribution >= 0.6 is 11.6 Å². The molecule has 0 radical (unpaired) electrons. The molecule has 1 aliphatic heterocycles. The highest BCUT2D eigenvalue weighted by Crippen LogP contribution is 2.29. The molecule has 1 amide bonds. The van der Waals surface area contributed by atoms with Crippen molar-refractivity contribution in [2.75, 3.05) is 6.61 Å². The Morgan fingerprint density at radius 2 is 1.98 bits per heavy atom. The van der Waals surface area contributed by atoms with E-state index in [4.69, 9.17) is 26.3 Å². The molecule has 0 bridgehead atoms. The van der Waals surface area contributed by atoms with Gasteiger partial charge in [-0.25, -0.2) is 23.5 Å². The van der Waals surface area contributed by atoms with Crippen LogP contribution in [-0.4, -0.2) is 55.3 Å². The first kappa shape index (κ1) is 32.5. The quantitative estimate of drug-likeness (QED) is 0.179. The summed E-state index contributed by atoms with van der Waals surface area (Å²) in [6, 6.07) is 13.9. The number of amides is 1.